The van der Waals surface area contributed by atoms with Crippen LogP contribution in [0.1, 0.15) is 33.1 Å². The van der Waals surface area contributed by atoms with Gasteiger partial charge in [0.15, 0.2) is 13.5 Å². The molecule has 0 fully saturated rings. The molecule has 3 aliphatic rings. The average Bonchev–Trinajstić information content (AvgIpc) is 2.89. The Labute approximate surface area is 202 Å². The summed E-state index contributed by atoms with van der Waals surface area (Å²) in [6.45, 7) is 7.09. The minimum atomic E-state index is 0.553. The van der Waals surface area contributed by atoms with Gasteiger partial charge in [-0.25, -0.2) is 0 Å². The third-order valence-electron chi connectivity index (χ3n) is 6.46. The Kier molecular flexibility index (Phi) is 6.61. The molecule has 2 heterocycles. The van der Waals surface area contributed by atoms with Crippen LogP contribution in [0.5, 0.6) is 11.5 Å². The average molecular weight is 457 g/mol. The standard InChI is InChI=1S/C29H32N2O3/c1-3-8-28-22(4-2)18-30(20-32-28)24-13-15-26(16-14-24)34-27-11-7-10-25(17-27)31-19-23-9-5-6-12-29(23)33-21-31/h3,6-8,10-17H,4-5,9,18-21H2,1-2H3/b8-3-. The van der Waals surface area contributed by atoms with E-state index in [4.69, 9.17) is 14.2 Å². The molecule has 0 aromatic heterocycles. The Morgan fingerprint density at radius 3 is 2.59 bits per heavy atom. The van der Waals surface area contributed by atoms with Crippen molar-refractivity contribution in [3.8, 4) is 11.5 Å². The van der Waals surface area contributed by atoms with Crippen LogP contribution in [0.25, 0.3) is 0 Å². The molecule has 5 nitrogen and oxygen atoms in total. The number of allylic oxidation sites excluding steroid dienone is 4. The molecule has 0 N–H and O–H groups in total. The SMILES string of the molecule is C/C=C\C1=C(CC)CN(c2ccc(Oc3cccc(N4COC5=C(CCC=C5)C4)c3)cc2)CO1. The van der Waals surface area contributed by atoms with E-state index >= 15 is 0 Å². The van der Waals surface area contributed by atoms with Gasteiger partial charge in [-0.05, 0) is 85.9 Å². The summed E-state index contributed by atoms with van der Waals surface area (Å²) in [5.41, 5.74) is 4.92. The molecule has 0 amide bonds. The molecule has 34 heavy (non-hydrogen) atoms. The fourth-order valence-electron chi connectivity index (χ4n) is 4.56. The molecule has 5 rings (SSSR count). The molecule has 2 aliphatic heterocycles. The lowest BCUT2D eigenvalue weighted by Crippen LogP contribution is -2.33. The Morgan fingerprint density at radius 2 is 1.76 bits per heavy atom. The highest BCUT2D eigenvalue weighted by Gasteiger charge is 2.21. The van der Waals surface area contributed by atoms with E-state index in [-0.39, 0.29) is 0 Å². The summed E-state index contributed by atoms with van der Waals surface area (Å²) < 4.78 is 18.1. The van der Waals surface area contributed by atoms with Crippen molar-refractivity contribution in [3.63, 3.8) is 0 Å². The van der Waals surface area contributed by atoms with E-state index in [1.54, 1.807) is 0 Å². The molecule has 0 atom stereocenters. The largest absolute Gasteiger partial charge is 0.473 e. The van der Waals surface area contributed by atoms with Crippen molar-refractivity contribution >= 4 is 11.4 Å². The van der Waals surface area contributed by atoms with Crippen LogP contribution < -0.4 is 14.5 Å². The highest BCUT2D eigenvalue weighted by Crippen LogP contribution is 2.32. The van der Waals surface area contributed by atoms with E-state index in [1.807, 2.05) is 37.3 Å². The summed E-state index contributed by atoms with van der Waals surface area (Å²) in [6, 6.07) is 16.5. The zero-order valence-corrected chi connectivity index (χ0v) is 20.0. The van der Waals surface area contributed by atoms with E-state index < -0.39 is 0 Å². The van der Waals surface area contributed by atoms with E-state index in [1.165, 1.54) is 11.1 Å². The first-order valence-electron chi connectivity index (χ1n) is 12.1. The van der Waals surface area contributed by atoms with E-state index in [2.05, 4.69) is 59.2 Å². The summed E-state index contributed by atoms with van der Waals surface area (Å²) in [4.78, 5) is 4.50. The maximum Gasteiger partial charge on any atom is 0.161 e. The van der Waals surface area contributed by atoms with Gasteiger partial charge in [-0.15, -0.1) is 0 Å². The van der Waals surface area contributed by atoms with Gasteiger partial charge in [-0.2, -0.15) is 0 Å². The lowest BCUT2D eigenvalue weighted by Gasteiger charge is -2.33. The third-order valence-corrected chi connectivity index (χ3v) is 6.46. The van der Waals surface area contributed by atoms with Crippen LogP contribution in [0.4, 0.5) is 11.4 Å². The van der Waals surface area contributed by atoms with Gasteiger partial charge in [0.25, 0.3) is 0 Å². The highest BCUT2D eigenvalue weighted by molar-refractivity contribution is 5.55. The lowest BCUT2D eigenvalue weighted by atomic mass is 10.0. The smallest absolute Gasteiger partial charge is 0.161 e. The Hall–Kier alpha value is -3.60. The molecule has 0 radical (unpaired) electrons. The van der Waals surface area contributed by atoms with Crippen LogP contribution >= 0.6 is 0 Å². The number of anilines is 2. The van der Waals surface area contributed by atoms with Crippen molar-refractivity contribution in [2.45, 2.75) is 33.1 Å². The van der Waals surface area contributed by atoms with E-state index in [0.717, 1.165) is 66.7 Å². The number of hydrogen-bond acceptors (Lipinski definition) is 5. The second-order valence-corrected chi connectivity index (χ2v) is 8.77. The molecule has 5 heteroatoms. The molecule has 0 spiro atoms. The zero-order chi connectivity index (χ0) is 23.3. The van der Waals surface area contributed by atoms with Crippen LogP contribution in [-0.2, 0) is 9.47 Å². The van der Waals surface area contributed by atoms with Gasteiger partial charge in [0.05, 0.1) is 0 Å². The van der Waals surface area contributed by atoms with Gasteiger partial charge in [0.2, 0.25) is 0 Å². The van der Waals surface area contributed by atoms with Crippen LogP contribution in [0.15, 0.2) is 95.5 Å². The summed E-state index contributed by atoms with van der Waals surface area (Å²) >= 11 is 0. The molecule has 0 unspecified atom stereocenters. The maximum absolute atomic E-state index is 6.19. The number of hydrogen-bond donors (Lipinski definition) is 0. The summed E-state index contributed by atoms with van der Waals surface area (Å²) in [7, 11) is 0. The second kappa shape index (κ2) is 10.1. The zero-order valence-electron chi connectivity index (χ0n) is 20.0. The van der Waals surface area contributed by atoms with Gasteiger partial charge in [0, 0.05) is 30.5 Å². The van der Waals surface area contributed by atoms with Crippen molar-refractivity contribution in [2.24, 2.45) is 0 Å². The number of rotatable bonds is 6. The van der Waals surface area contributed by atoms with Crippen LogP contribution in [0.2, 0.25) is 0 Å². The molecular weight excluding hydrogens is 424 g/mol. The minimum absolute atomic E-state index is 0.553. The minimum Gasteiger partial charge on any atom is -0.473 e. The number of nitrogens with zero attached hydrogens (tertiary/aromatic N) is 2. The Bertz CT molecular complexity index is 1140. The first kappa shape index (κ1) is 22.2. The molecule has 176 valence electrons. The van der Waals surface area contributed by atoms with Crippen molar-refractivity contribution < 1.29 is 14.2 Å². The summed E-state index contributed by atoms with van der Waals surface area (Å²) in [5, 5.41) is 0. The Morgan fingerprint density at radius 1 is 0.941 bits per heavy atom. The van der Waals surface area contributed by atoms with Crippen molar-refractivity contribution in [2.75, 3.05) is 36.4 Å². The fraction of sp³-hybridized carbons (Fsp3) is 0.310. The quantitative estimate of drug-likeness (QED) is 0.472. The van der Waals surface area contributed by atoms with Crippen molar-refractivity contribution in [1.29, 1.82) is 0 Å². The predicted octanol–water partition coefficient (Wildman–Crippen LogP) is 6.91. The van der Waals surface area contributed by atoms with Crippen LogP contribution in [-0.4, -0.2) is 26.6 Å². The number of ether oxygens (including phenoxy) is 3. The summed E-state index contributed by atoms with van der Waals surface area (Å²) in [6.07, 6.45) is 11.5. The van der Waals surface area contributed by atoms with Gasteiger partial charge in [0.1, 0.15) is 23.0 Å². The van der Waals surface area contributed by atoms with E-state index in [9.17, 15) is 0 Å². The third kappa shape index (κ3) is 4.84. The molecule has 0 saturated heterocycles. The van der Waals surface area contributed by atoms with E-state index in [0.29, 0.717) is 13.5 Å². The second-order valence-electron chi connectivity index (χ2n) is 8.77. The fourth-order valence-corrected chi connectivity index (χ4v) is 4.56. The molecular formula is C29H32N2O3. The van der Waals surface area contributed by atoms with Gasteiger partial charge < -0.3 is 24.0 Å². The highest BCUT2D eigenvalue weighted by atomic mass is 16.5. The topological polar surface area (TPSA) is 34.2 Å². The van der Waals surface area contributed by atoms with Gasteiger partial charge in [-0.3, -0.25) is 0 Å². The molecule has 0 saturated carbocycles. The van der Waals surface area contributed by atoms with Gasteiger partial charge in [-0.1, -0.05) is 25.1 Å². The van der Waals surface area contributed by atoms with Crippen molar-refractivity contribution in [1.82, 2.24) is 0 Å². The normalized spacial score (nSPS) is 18.2. The van der Waals surface area contributed by atoms with Crippen LogP contribution in [0.3, 0.4) is 0 Å². The van der Waals surface area contributed by atoms with Gasteiger partial charge >= 0.3 is 0 Å². The molecule has 2 aromatic carbocycles. The molecule has 2 aromatic rings. The monoisotopic (exact) mass is 456 g/mol. The lowest BCUT2D eigenvalue weighted by molar-refractivity contribution is 0.203. The maximum atomic E-state index is 6.19. The van der Waals surface area contributed by atoms with Crippen LogP contribution in [0, 0.1) is 0 Å². The Balaban J connectivity index is 1.25. The molecule has 1 aliphatic carbocycles. The molecule has 0 bridgehead atoms. The van der Waals surface area contributed by atoms with Crippen molar-refractivity contribution in [3.05, 3.63) is 95.5 Å². The first-order chi connectivity index (χ1) is 16.7. The predicted molar refractivity (Wildman–Crippen MR) is 137 cm³/mol. The first-order valence-corrected chi connectivity index (χ1v) is 12.1. The summed E-state index contributed by atoms with van der Waals surface area (Å²) in [5.74, 6) is 3.69. The number of benzene rings is 2.